The molecule has 0 aliphatic carbocycles. The summed E-state index contributed by atoms with van der Waals surface area (Å²) in [6.45, 7) is 19.7. The molecule has 2 amide bonds. The summed E-state index contributed by atoms with van der Waals surface area (Å²) in [6, 6.07) is 19.7. The van der Waals surface area contributed by atoms with E-state index >= 15 is 0 Å². The Bertz CT molecular complexity index is 3020. The van der Waals surface area contributed by atoms with Crippen LogP contribution >= 0.6 is 24.4 Å². The van der Waals surface area contributed by atoms with Crippen molar-refractivity contribution in [2.75, 3.05) is 48.6 Å². The van der Waals surface area contributed by atoms with Crippen LogP contribution < -0.4 is 24.4 Å². The van der Waals surface area contributed by atoms with Crippen molar-refractivity contribution in [3.63, 3.8) is 0 Å². The first-order valence-electron chi connectivity index (χ1n) is 21.1. The number of nitrogens with zero attached hydrogens (tertiary/aromatic N) is 7. The quantitative estimate of drug-likeness (QED) is 0.0688. The van der Waals surface area contributed by atoms with E-state index < -0.39 is 89.3 Å². The number of alkyl halides is 6. The molecule has 0 radical (unpaired) electrons. The van der Waals surface area contributed by atoms with Crippen molar-refractivity contribution in [2.45, 2.75) is 64.2 Å². The highest BCUT2D eigenvalue weighted by Crippen LogP contribution is 2.43. The first kappa shape index (κ1) is 56.5. The lowest BCUT2D eigenvalue weighted by molar-refractivity contribution is -0.137. The van der Waals surface area contributed by atoms with E-state index in [1.807, 2.05) is 0 Å². The lowest BCUT2D eigenvalue weighted by Crippen LogP contribution is -2.47. The molecule has 2 heterocycles. The van der Waals surface area contributed by atoms with E-state index in [0.717, 1.165) is 33.1 Å². The first-order chi connectivity index (χ1) is 33.3. The highest BCUT2D eigenvalue weighted by atomic mass is 32.2. The molecule has 4 aromatic rings. The van der Waals surface area contributed by atoms with Crippen LogP contribution in [0.2, 0.25) is 0 Å². The predicted molar refractivity (Wildman–Crippen MR) is 264 cm³/mol. The Balaban J connectivity index is 0.000000304. The van der Waals surface area contributed by atoms with Crippen LogP contribution in [0.4, 0.5) is 49.1 Å². The molecule has 2 fully saturated rings. The maximum atomic E-state index is 13.9. The molecule has 2 aliphatic rings. The van der Waals surface area contributed by atoms with Gasteiger partial charge in [0.1, 0.15) is 22.6 Å². The molecule has 0 unspecified atom stereocenters. The van der Waals surface area contributed by atoms with E-state index in [1.165, 1.54) is 68.2 Å². The first-order valence-corrected chi connectivity index (χ1v) is 25.2. The zero-order valence-electron chi connectivity index (χ0n) is 39.2. The fourth-order valence-electron chi connectivity index (χ4n) is 7.53. The van der Waals surface area contributed by atoms with Gasteiger partial charge in [0.05, 0.1) is 50.0 Å². The predicted octanol–water partition coefficient (Wildman–Crippen LogP) is 8.27. The molecular formula is C46H46F6N8O8S4. The van der Waals surface area contributed by atoms with Crippen molar-refractivity contribution in [3.8, 4) is 11.5 Å². The number of anilines is 2. The Hall–Kier alpha value is -6.42. The second-order valence-electron chi connectivity index (χ2n) is 17.0. The van der Waals surface area contributed by atoms with Crippen LogP contribution in [0.3, 0.4) is 0 Å². The largest absolute Gasteiger partial charge is 0.497 e. The van der Waals surface area contributed by atoms with E-state index in [0.29, 0.717) is 23.6 Å². The number of thiocarbonyl (C=S) groups is 2. The van der Waals surface area contributed by atoms with Crippen LogP contribution in [0, 0.1) is 13.1 Å². The number of benzene rings is 4. The van der Waals surface area contributed by atoms with Crippen molar-refractivity contribution < 1.29 is 62.2 Å². The van der Waals surface area contributed by atoms with Crippen LogP contribution in [0.5, 0.6) is 11.5 Å². The van der Waals surface area contributed by atoms with Gasteiger partial charge in [-0.2, -0.15) is 30.6 Å². The number of sulfonamides is 2. The van der Waals surface area contributed by atoms with Gasteiger partial charge in [0.15, 0.2) is 21.6 Å². The topological polar surface area (TPSA) is 172 Å². The second kappa shape index (κ2) is 21.3. The third kappa shape index (κ3) is 12.4. The summed E-state index contributed by atoms with van der Waals surface area (Å²) >= 11 is 10.7. The smallest absolute Gasteiger partial charge is 0.407 e. The molecule has 0 aromatic heterocycles. The Kier molecular flexibility index (Phi) is 16.8. The fourth-order valence-corrected chi connectivity index (χ4v) is 10.3. The van der Waals surface area contributed by atoms with E-state index in [9.17, 15) is 52.8 Å². The molecule has 0 bridgehead atoms. The molecule has 4 aromatic carbocycles. The third-order valence-electron chi connectivity index (χ3n) is 11.6. The molecule has 2 N–H and O–H groups in total. The summed E-state index contributed by atoms with van der Waals surface area (Å²) in [4.78, 5) is 36.6. The van der Waals surface area contributed by atoms with Crippen LogP contribution in [-0.4, -0.2) is 103 Å². The summed E-state index contributed by atoms with van der Waals surface area (Å²) in [7, 11) is -4.76. The number of nitrogens with two attached hydrogens (primary N) is 1. The fraction of sp³-hybridized carbons (Fsp3) is 0.348. The number of primary sulfonamides is 1. The zero-order chi connectivity index (χ0) is 53.9. The van der Waals surface area contributed by atoms with E-state index in [1.54, 1.807) is 48.5 Å². The number of amides is 2. The van der Waals surface area contributed by atoms with Crippen molar-refractivity contribution in [1.82, 2.24) is 14.1 Å². The lowest BCUT2D eigenvalue weighted by Gasteiger charge is -2.30. The number of carbonyl (C=O) groups excluding carboxylic acids is 2. The summed E-state index contributed by atoms with van der Waals surface area (Å²) < 4.78 is 143. The minimum Gasteiger partial charge on any atom is -0.497 e. The molecule has 2 saturated heterocycles. The monoisotopic (exact) mass is 1080 g/mol. The normalized spacial score (nSPS) is 15.9. The summed E-state index contributed by atoms with van der Waals surface area (Å²) in [5, 5.41) is 4.70. The van der Waals surface area contributed by atoms with Crippen LogP contribution in [0.1, 0.15) is 49.9 Å². The summed E-state index contributed by atoms with van der Waals surface area (Å²) in [5.41, 5.74) is -5.12. The average Bonchev–Trinajstić information content (AvgIpc) is 3.59. The third-order valence-corrected chi connectivity index (χ3v) is 14.9. The summed E-state index contributed by atoms with van der Waals surface area (Å²) in [5.74, 6) is -0.925. The highest BCUT2D eigenvalue weighted by Gasteiger charge is 2.51. The van der Waals surface area contributed by atoms with Gasteiger partial charge in [-0.25, -0.2) is 31.7 Å². The molecule has 6 rings (SSSR count). The number of halogens is 6. The van der Waals surface area contributed by atoms with Gasteiger partial charge in [-0.05, 0) is 112 Å². The standard InChI is InChI=1S/C31H31F3N4O5S2.C15H15F3N4O3S2/c1-30(2)28(39)38(23-10-15-27(35-3)26(18-23)31(32,33)34)29(44)37(30)16-17-45(40,41)36(19-21-6-11-24(42-4)12-7-21)20-22-8-13-25(43-5)14-9-22;1-14(2)12(23)22(13(26)21(14)6-7-27(19,24)25)9-4-5-11(20-3)10(8-9)15(16,17)18/h6-15,18H,16-17,19-20H2,1-2,4-5H3;4-5,8H,6-7H2,1-2H3,(H2,19,24,25). The van der Waals surface area contributed by atoms with E-state index in [-0.39, 0.29) is 47.8 Å². The highest BCUT2D eigenvalue weighted by molar-refractivity contribution is 7.89. The molecule has 0 spiro atoms. The van der Waals surface area contributed by atoms with Crippen LogP contribution in [0.25, 0.3) is 9.69 Å². The number of hydrogen-bond acceptors (Lipinski definition) is 10. The lowest BCUT2D eigenvalue weighted by atomic mass is 10.0. The Morgan fingerprint density at radius 3 is 1.28 bits per heavy atom. The van der Waals surface area contributed by atoms with E-state index in [4.69, 9.17) is 52.2 Å². The second-order valence-corrected chi connectivity index (χ2v) is 21.6. The zero-order valence-corrected chi connectivity index (χ0v) is 42.5. The van der Waals surface area contributed by atoms with Gasteiger partial charge in [0.25, 0.3) is 11.8 Å². The molecule has 2 aliphatic heterocycles. The van der Waals surface area contributed by atoms with Crippen LogP contribution in [-0.2, 0) is 55.1 Å². The van der Waals surface area contributed by atoms with Crippen LogP contribution in [0.15, 0.2) is 84.9 Å². The van der Waals surface area contributed by atoms with Gasteiger partial charge in [0.2, 0.25) is 20.0 Å². The number of hydrogen-bond donors (Lipinski definition) is 1. The van der Waals surface area contributed by atoms with Gasteiger partial charge in [-0.1, -0.05) is 36.4 Å². The minimum absolute atomic E-state index is 0.0465. The Morgan fingerprint density at radius 1 is 0.625 bits per heavy atom. The molecule has 384 valence electrons. The van der Waals surface area contributed by atoms with Gasteiger partial charge >= 0.3 is 12.4 Å². The molecule has 16 nitrogen and oxygen atoms in total. The molecule has 0 saturated carbocycles. The average molecular weight is 1080 g/mol. The number of methoxy groups -OCH3 is 2. The van der Waals surface area contributed by atoms with Gasteiger partial charge in [0, 0.05) is 37.6 Å². The Morgan fingerprint density at radius 2 is 0.972 bits per heavy atom. The van der Waals surface area contributed by atoms with E-state index in [2.05, 4.69) is 9.69 Å². The van der Waals surface area contributed by atoms with Crippen molar-refractivity contribution >= 4 is 89.3 Å². The maximum absolute atomic E-state index is 13.9. The molecule has 72 heavy (non-hydrogen) atoms. The van der Waals surface area contributed by atoms with Crippen molar-refractivity contribution in [1.29, 1.82) is 0 Å². The van der Waals surface area contributed by atoms with Gasteiger partial charge in [-0.3, -0.25) is 19.4 Å². The number of ether oxygens (including phenoxy) is 2. The Labute approximate surface area is 423 Å². The van der Waals surface area contributed by atoms with Crippen molar-refractivity contribution in [2.24, 2.45) is 5.14 Å². The maximum Gasteiger partial charge on any atom is 0.407 e. The number of rotatable bonds is 15. The minimum atomic E-state index is -4.83. The molecular weight excluding hydrogens is 1030 g/mol. The summed E-state index contributed by atoms with van der Waals surface area (Å²) in [6.07, 6.45) is -9.62. The SMILES string of the molecule is [C-]#[N+]c1ccc(N2C(=O)C(C)(C)N(CCS(=O)(=O)N(Cc3ccc(OC)cc3)Cc3ccc(OC)cc3)C2=S)cc1C(F)(F)F.[C-]#[N+]c1ccc(N2C(=O)C(C)(C)N(CCS(N)(=O)=O)C2=S)cc1C(F)(F)F. The molecule has 26 heteroatoms. The van der Waals surface area contributed by atoms with Crippen molar-refractivity contribution in [3.05, 3.63) is 130 Å². The molecule has 0 atom stereocenters. The van der Waals surface area contributed by atoms with Gasteiger partial charge < -0.3 is 19.3 Å². The van der Waals surface area contributed by atoms with Gasteiger partial charge in [-0.15, -0.1) is 0 Å². The number of carbonyl (C=O) groups is 2.